The third-order valence-corrected chi connectivity index (χ3v) is 3.66. The smallest absolute Gasteiger partial charge is 0.348 e. The van der Waals surface area contributed by atoms with Gasteiger partial charge in [0, 0.05) is 18.9 Å². The third-order valence-electron chi connectivity index (χ3n) is 3.66. The van der Waals surface area contributed by atoms with Crippen LogP contribution in [0.25, 0.3) is 0 Å². The Balaban J connectivity index is 2.15. The van der Waals surface area contributed by atoms with Gasteiger partial charge in [0.2, 0.25) is 0 Å². The lowest BCUT2D eigenvalue weighted by molar-refractivity contribution is -0.173. The highest BCUT2D eigenvalue weighted by Gasteiger charge is 2.38. The van der Waals surface area contributed by atoms with Gasteiger partial charge in [0.05, 0.1) is 0 Å². The fourth-order valence-electron chi connectivity index (χ4n) is 2.20. The molecule has 1 atom stereocenters. The number of aryl methyl sites for hydroxylation is 1. The van der Waals surface area contributed by atoms with Crippen LogP contribution in [0.4, 0.5) is 13.2 Å². The molecule has 0 saturated heterocycles. The summed E-state index contributed by atoms with van der Waals surface area (Å²) in [5, 5.41) is 1.82. The van der Waals surface area contributed by atoms with Crippen molar-refractivity contribution in [1.29, 1.82) is 0 Å². The van der Waals surface area contributed by atoms with Crippen LogP contribution in [0.2, 0.25) is 0 Å². The first kappa shape index (κ1) is 19.2. The molecule has 128 valence electrons. The van der Waals surface area contributed by atoms with Crippen LogP contribution in [0.1, 0.15) is 38.2 Å². The van der Waals surface area contributed by atoms with Crippen LogP contribution in [0.3, 0.4) is 0 Å². The molecule has 0 aliphatic rings. The first-order valence-electron chi connectivity index (χ1n) is 7.72. The van der Waals surface area contributed by atoms with E-state index >= 15 is 0 Å². The van der Waals surface area contributed by atoms with E-state index in [9.17, 15) is 22.8 Å². The van der Waals surface area contributed by atoms with E-state index in [0.29, 0.717) is 32.1 Å². The summed E-state index contributed by atoms with van der Waals surface area (Å²) in [6, 6.07) is 9.73. The summed E-state index contributed by atoms with van der Waals surface area (Å²) in [6.45, 7) is 1.81. The van der Waals surface area contributed by atoms with E-state index in [1.54, 1.807) is 0 Å². The first-order valence-corrected chi connectivity index (χ1v) is 7.72. The standard InChI is InChI=1S/C17H22F3NO2/c1-13(7-5-6-12-21-16(23)17(18,19)20)15(22)11-10-14-8-3-2-4-9-14/h2-4,8-9,13H,5-7,10-12H2,1H3,(H,21,23)/t13-/m0/s1. The largest absolute Gasteiger partial charge is 0.471 e. The van der Waals surface area contributed by atoms with Crippen molar-refractivity contribution < 1.29 is 22.8 Å². The summed E-state index contributed by atoms with van der Waals surface area (Å²) in [5.41, 5.74) is 1.11. The summed E-state index contributed by atoms with van der Waals surface area (Å²) < 4.78 is 35.9. The van der Waals surface area contributed by atoms with Crippen LogP contribution < -0.4 is 5.32 Å². The molecule has 1 aromatic carbocycles. The minimum Gasteiger partial charge on any atom is -0.348 e. The van der Waals surface area contributed by atoms with Gasteiger partial charge in [0.15, 0.2) is 0 Å². The zero-order chi connectivity index (χ0) is 17.3. The topological polar surface area (TPSA) is 46.2 Å². The van der Waals surface area contributed by atoms with E-state index in [0.717, 1.165) is 5.56 Å². The number of rotatable bonds is 9. The van der Waals surface area contributed by atoms with Gasteiger partial charge in [0.1, 0.15) is 5.78 Å². The number of ketones is 1. The highest BCUT2D eigenvalue weighted by molar-refractivity contribution is 5.81. The highest BCUT2D eigenvalue weighted by Crippen LogP contribution is 2.15. The molecule has 0 aliphatic heterocycles. The number of Topliss-reactive ketones (excluding diaryl/α,β-unsaturated/α-hetero) is 1. The average Bonchev–Trinajstić information content (AvgIpc) is 2.51. The predicted molar refractivity (Wildman–Crippen MR) is 81.8 cm³/mol. The van der Waals surface area contributed by atoms with Crippen LogP contribution in [0.5, 0.6) is 0 Å². The molecule has 0 radical (unpaired) electrons. The van der Waals surface area contributed by atoms with Crippen molar-refractivity contribution in [1.82, 2.24) is 5.32 Å². The maximum atomic E-state index is 12.0. The fraction of sp³-hybridized carbons (Fsp3) is 0.529. The number of carbonyl (C=O) groups is 2. The lowest BCUT2D eigenvalue weighted by Gasteiger charge is -2.11. The molecule has 0 bridgehead atoms. The third kappa shape index (κ3) is 7.81. The normalized spacial score (nSPS) is 12.7. The number of hydrogen-bond donors (Lipinski definition) is 1. The highest BCUT2D eigenvalue weighted by atomic mass is 19.4. The maximum absolute atomic E-state index is 12.0. The van der Waals surface area contributed by atoms with Crippen LogP contribution >= 0.6 is 0 Å². The second kappa shape index (κ2) is 9.33. The number of halogens is 3. The Kier molecular flexibility index (Phi) is 7.78. The summed E-state index contributed by atoms with van der Waals surface area (Å²) in [6.07, 6.45) is -2.01. The van der Waals surface area contributed by atoms with E-state index in [1.165, 1.54) is 0 Å². The SMILES string of the molecule is C[C@@H](CCCCNC(=O)C(F)(F)F)C(=O)CCc1ccccc1. The number of alkyl halides is 3. The molecule has 0 unspecified atom stereocenters. The Bertz CT molecular complexity index is 500. The van der Waals surface area contributed by atoms with Crippen molar-refractivity contribution in [2.75, 3.05) is 6.54 Å². The molecule has 0 heterocycles. The quantitative estimate of drug-likeness (QED) is 0.703. The molecule has 1 N–H and O–H groups in total. The molecule has 0 aliphatic carbocycles. The van der Waals surface area contributed by atoms with Gasteiger partial charge < -0.3 is 5.32 Å². The van der Waals surface area contributed by atoms with Crippen LogP contribution in [-0.4, -0.2) is 24.4 Å². The Morgan fingerprint density at radius 1 is 1.13 bits per heavy atom. The molecular weight excluding hydrogens is 307 g/mol. The van der Waals surface area contributed by atoms with Crippen LogP contribution in [0.15, 0.2) is 30.3 Å². The van der Waals surface area contributed by atoms with Gasteiger partial charge in [-0.1, -0.05) is 43.7 Å². The molecule has 3 nitrogen and oxygen atoms in total. The summed E-state index contributed by atoms with van der Waals surface area (Å²) in [5.74, 6) is -1.87. The van der Waals surface area contributed by atoms with Gasteiger partial charge in [-0.25, -0.2) is 0 Å². The van der Waals surface area contributed by atoms with Gasteiger partial charge in [-0.05, 0) is 24.8 Å². The molecule has 0 saturated carbocycles. The molecule has 6 heteroatoms. The van der Waals surface area contributed by atoms with Crippen molar-refractivity contribution >= 4 is 11.7 Å². The second-order valence-electron chi connectivity index (χ2n) is 5.60. The molecule has 0 spiro atoms. The molecule has 1 amide bonds. The molecule has 1 rings (SSSR count). The second-order valence-corrected chi connectivity index (χ2v) is 5.60. The van der Waals surface area contributed by atoms with Crippen molar-refractivity contribution in [2.45, 2.75) is 45.2 Å². The lowest BCUT2D eigenvalue weighted by Crippen LogP contribution is -2.37. The first-order chi connectivity index (χ1) is 10.8. The van der Waals surface area contributed by atoms with Crippen molar-refractivity contribution in [3.05, 3.63) is 35.9 Å². The fourth-order valence-corrected chi connectivity index (χ4v) is 2.20. The van der Waals surface area contributed by atoms with Crippen molar-refractivity contribution in [3.8, 4) is 0 Å². The number of unbranched alkanes of at least 4 members (excludes halogenated alkanes) is 1. The van der Waals surface area contributed by atoms with Gasteiger partial charge in [-0.3, -0.25) is 9.59 Å². The summed E-state index contributed by atoms with van der Waals surface area (Å²) in [7, 11) is 0. The average molecular weight is 329 g/mol. The van der Waals surface area contributed by atoms with Gasteiger partial charge >= 0.3 is 12.1 Å². The Hall–Kier alpha value is -1.85. The van der Waals surface area contributed by atoms with Crippen LogP contribution in [-0.2, 0) is 16.0 Å². The number of amides is 1. The number of benzene rings is 1. The van der Waals surface area contributed by atoms with E-state index in [1.807, 2.05) is 42.6 Å². The molecule has 23 heavy (non-hydrogen) atoms. The monoisotopic (exact) mass is 329 g/mol. The van der Waals surface area contributed by atoms with Crippen molar-refractivity contribution in [2.24, 2.45) is 5.92 Å². The number of nitrogens with one attached hydrogen (secondary N) is 1. The van der Waals surface area contributed by atoms with E-state index in [4.69, 9.17) is 0 Å². The molecule has 0 aromatic heterocycles. The van der Waals surface area contributed by atoms with E-state index < -0.39 is 12.1 Å². The van der Waals surface area contributed by atoms with E-state index in [-0.39, 0.29) is 18.2 Å². The maximum Gasteiger partial charge on any atom is 0.471 e. The van der Waals surface area contributed by atoms with Crippen molar-refractivity contribution in [3.63, 3.8) is 0 Å². The summed E-state index contributed by atoms with van der Waals surface area (Å²) in [4.78, 5) is 22.6. The Morgan fingerprint density at radius 2 is 1.78 bits per heavy atom. The van der Waals surface area contributed by atoms with Gasteiger partial charge in [0.25, 0.3) is 0 Å². The number of carbonyl (C=O) groups excluding carboxylic acids is 2. The zero-order valence-corrected chi connectivity index (χ0v) is 13.2. The van der Waals surface area contributed by atoms with Crippen LogP contribution in [0, 0.1) is 5.92 Å². The van der Waals surface area contributed by atoms with Gasteiger partial charge in [-0.2, -0.15) is 13.2 Å². The Labute approximate surface area is 134 Å². The van der Waals surface area contributed by atoms with E-state index in [2.05, 4.69) is 0 Å². The molecule has 1 aromatic rings. The molecule has 0 fully saturated rings. The minimum atomic E-state index is -4.83. The predicted octanol–water partition coefficient (Wildman–Crippen LogP) is 3.67. The lowest BCUT2D eigenvalue weighted by atomic mass is 9.95. The Morgan fingerprint density at radius 3 is 2.39 bits per heavy atom. The van der Waals surface area contributed by atoms with Gasteiger partial charge in [-0.15, -0.1) is 0 Å². The molecular formula is C17H22F3NO2. The minimum absolute atomic E-state index is 0.0245. The summed E-state index contributed by atoms with van der Waals surface area (Å²) >= 11 is 0. The zero-order valence-electron chi connectivity index (χ0n) is 13.2. The number of hydrogen-bond acceptors (Lipinski definition) is 2.